The van der Waals surface area contributed by atoms with Crippen molar-refractivity contribution in [3.8, 4) is 0 Å². The van der Waals surface area contributed by atoms with Gasteiger partial charge < -0.3 is 9.47 Å². The maximum absolute atomic E-state index is 5.61. The van der Waals surface area contributed by atoms with Gasteiger partial charge in [-0.1, -0.05) is 37.6 Å². The van der Waals surface area contributed by atoms with Crippen LogP contribution in [0.4, 0.5) is 0 Å². The molecule has 112 valence electrons. The second kappa shape index (κ2) is 6.73. The minimum Gasteiger partial charge on any atom is -0.345 e. The molecule has 1 aliphatic rings. The fourth-order valence-electron chi connectivity index (χ4n) is 2.81. The third-order valence-corrected chi connectivity index (χ3v) is 5.03. The molecule has 0 amide bonds. The van der Waals surface area contributed by atoms with Gasteiger partial charge in [-0.05, 0) is 42.5 Å². The van der Waals surface area contributed by atoms with Crippen molar-refractivity contribution in [3.05, 3.63) is 56.8 Å². The molecule has 0 bridgehead atoms. The molecule has 1 aromatic carbocycles. The fourth-order valence-corrected chi connectivity index (χ4v) is 3.86. The van der Waals surface area contributed by atoms with Crippen molar-refractivity contribution in [2.24, 2.45) is 0 Å². The number of benzene rings is 1. The van der Waals surface area contributed by atoms with Crippen molar-refractivity contribution in [2.45, 2.75) is 39.4 Å². The van der Waals surface area contributed by atoms with Crippen molar-refractivity contribution in [3.63, 3.8) is 0 Å². The first-order chi connectivity index (χ1) is 10.3. The van der Waals surface area contributed by atoms with Crippen molar-refractivity contribution in [1.82, 2.24) is 0 Å². The van der Waals surface area contributed by atoms with E-state index in [1.165, 1.54) is 32.9 Å². The smallest absolute Gasteiger partial charge is 0.193 e. The molecule has 2 aromatic rings. The van der Waals surface area contributed by atoms with E-state index < -0.39 is 0 Å². The first-order valence-corrected chi connectivity index (χ1v) is 8.48. The van der Waals surface area contributed by atoms with Crippen LogP contribution in [0.2, 0.25) is 0 Å². The highest BCUT2D eigenvalue weighted by Gasteiger charge is 2.21. The molecule has 0 spiro atoms. The Bertz CT molecular complexity index is 597. The third-order valence-electron chi connectivity index (χ3n) is 3.91. The van der Waals surface area contributed by atoms with Crippen LogP contribution < -0.4 is 0 Å². The largest absolute Gasteiger partial charge is 0.345 e. The minimum absolute atomic E-state index is 0.145. The molecule has 0 radical (unpaired) electrons. The highest BCUT2D eigenvalue weighted by Crippen LogP contribution is 2.33. The summed E-state index contributed by atoms with van der Waals surface area (Å²) in [5.74, 6) is 0. The van der Waals surface area contributed by atoms with Crippen molar-refractivity contribution < 1.29 is 9.47 Å². The molecule has 1 fully saturated rings. The highest BCUT2D eigenvalue weighted by atomic mass is 32.1. The Morgan fingerprint density at radius 3 is 2.52 bits per heavy atom. The Labute approximate surface area is 130 Å². The summed E-state index contributed by atoms with van der Waals surface area (Å²) in [5, 5.41) is 0. The molecule has 2 heterocycles. The van der Waals surface area contributed by atoms with Crippen molar-refractivity contribution in [2.75, 3.05) is 13.2 Å². The summed E-state index contributed by atoms with van der Waals surface area (Å²) in [7, 11) is 0. The Hall–Kier alpha value is -1.16. The number of hydrogen-bond acceptors (Lipinski definition) is 3. The monoisotopic (exact) mass is 302 g/mol. The van der Waals surface area contributed by atoms with Gasteiger partial charge in [-0.2, -0.15) is 0 Å². The van der Waals surface area contributed by atoms with Gasteiger partial charge in [0.2, 0.25) is 0 Å². The van der Waals surface area contributed by atoms with Gasteiger partial charge in [-0.25, -0.2) is 0 Å². The van der Waals surface area contributed by atoms with E-state index in [9.17, 15) is 0 Å². The number of rotatable bonds is 5. The third kappa shape index (κ3) is 3.37. The molecular weight excluding hydrogens is 280 g/mol. The normalized spacial score (nSPS) is 15.7. The van der Waals surface area contributed by atoms with Gasteiger partial charge in [0.15, 0.2) is 6.29 Å². The molecule has 21 heavy (non-hydrogen) atoms. The van der Waals surface area contributed by atoms with Gasteiger partial charge in [-0.15, -0.1) is 11.3 Å². The van der Waals surface area contributed by atoms with Crippen LogP contribution in [0.15, 0.2) is 30.3 Å². The SMILES string of the molecule is CCCc1ccccc1Cc1cc(C2OCCO2)sc1C. The van der Waals surface area contributed by atoms with E-state index >= 15 is 0 Å². The van der Waals surface area contributed by atoms with Crippen LogP contribution in [0.5, 0.6) is 0 Å². The molecule has 0 saturated carbocycles. The lowest BCUT2D eigenvalue weighted by atomic mass is 9.97. The lowest BCUT2D eigenvalue weighted by Gasteiger charge is -2.08. The van der Waals surface area contributed by atoms with Crippen LogP contribution in [-0.4, -0.2) is 13.2 Å². The van der Waals surface area contributed by atoms with Gasteiger partial charge in [0.25, 0.3) is 0 Å². The summed E-state index contributed by atoms with van der Waals surface area (Å²) in [5.41, 5.74) is 4.32. The molecule has 0 atom stereocenters. The van der Waals surface area contributed by atoms with Crippen LogP contribution in [0.25, 0.3) is 0 Å². The molecule has 0 unspecified atom stereocenters. The quantitative estimate of drug-likeness (QED) is 0.800. The van der Waals surface area contributed by atoms with Crippen LogP contribution >= 0.6 is 11.3 Å². The predicted octanol–water partition coefficient (Wildman–Crippen LogP) is 4.65. The first-order valence-electron chi connectivity index (χ1n) is 7.67. The topological polar surface area (TPSA) is 18.5 Å². The molecule has 1 saturated heterocycles. The maximum atomic E-state index is 5.61. The second-order valence-corrected chi connectivity index (χ2v) is 6.79. The van der Waals surface area contributed by atoms with E-state index in [4.69, 9.17) is 9.47 Å². The zero-order valence-electron chi connectivity index (χ0n) is 12.7. The number of hydrogen-bond donors (Lipinski definition) is 0. The predicted molar refractivity (Wildman–Crippen MR) is 86.9 cm³/mol. The van der Waals surface area contributed by atoms with E-state index in [1.54, 1.807) is 11.3 Å². The van der Waals surface area contributed by atoms with Crippen molar-refractivity contribution >= 4 is 11.3 Å². The summed E-state index contributed by atoms with van der Waals surface area (Å²) in [6.07, 6.45) is 3.20. The molecule has 1 aromatic heterocycles. The van der Waals surface area contributed by atoms with Crippen LogP contribution in [-0.2, 0) is 22.3 Å². The van der Waals surface area contributed by atoms with E-state index in [-0.39, 0.29) is 6.29 Å². The van der Waals surface area contributed by atoms with E-state index in [0.717, 1.165) is 12.8 Å². The van der Waals surface area contributed by atoms with Gasteiger partial charge in [0, 0.05) is 4.88 Å². The molecule has 3 heteroatoms. The average Bonchev–Trinajstić information content (AvgIpc) is 3.12. The van der Waals surface area contributed by atoms with Gasteiger partial charge in [-0.3, -0.25) is 0 Å². The molecule has 2 nitrogen and oxygen atoms in total. The standard InChI is InChI=1S/C18H22O2S/c1-3-6-14-7-4-5-8-15(14)11-16-12-17(21-13(16)2)18-19-9-10-20-18/h4-5,7-8,12,18H,3,6,9-11H2,1-2H3. The second-order valence-electron chi connectivity index (χ2n) is 5.50. The van der Waals surface area contributed by atoms with E-state index in [0.29, 0.717) is 13.2 Å². The molecule has 0 aliphatic carbocycles. The first kappa shape index (κ1) is 14.8. The van der Waals surface area contributed by atoms with Crippen LogP contribution in [0, 0.1) is 6.92 Å². The van der Waals surface area contributed by atoms with Gasteiger partial charge in [0.05, 0.1) is 18.1 Å². The van der Waals surface area contributed by atoms with E-state index in [2.05, 4.69) is 44.2 Å². The number of thiophene rings is 1. The summed E-state index contributed by atoms with van der Waals surface area (Å²) in [6.45, 7) is 5.84. The fraction of sp³-hybridized carbons (Fsp3) is 0.444. The summed E-state index contributed by atoms with van der Waals surface area (Å²) in [4.78, 5) is 2.57. The molecule has 0 N–H and O–H groups in total. The Balaban J connectivity index is 1.81. The minimum atomic E-state index is -0.145. The van der Waals surface area contributed by atoms with Crippen LogP contribution in [0.1, 0.15) is 46.1 Å². The Morgan fingerprint density at radius 2 is 1.81 bits per heavy atom. The van der Waals surface area contributed by atoms with Gasteiger partial charge in [0.1, 0.15) is 0 Å². The lowest BCUT2D eigenvalue weighted by molar-refractivity contribution is -0.0413. The lowest BCUT2D eigenvalue weighted by Crippen LogP contribution is -1.96. The Kier molecular flexibility index (Phi) is 4.73. The number of aryl methyl sites for hydroxylation is 2. The zero-order chi connectivity index (χ0) is 14.7. The summed E-state index contributed by atoms with van der Waals surface area (Å²) < 4.78 is 11.2. The summed E-state index contributed by atoms with van der Waals surface area (Å²) in [6, 6.07) is 11.1. The maximum Gasteiger partial charge on any atom is 0.193 e. The van der Waals surface area contributed by atoms with E-state index in [1.807, 2.05) is 0 Å². The van der Waals surface area contributed by atoms with Crippen LogP contribution in [0.3, 0.4) is 0 Å². The van der Waals surface area contributed by atoms with Gasteiger partial charge >= 0.3 is 0 Å². The molecular formula is C18H22O2S. The molecule has 1 aliphatic heterocycles. The highest BCUT2D eigenvalue weighted by molar-refractivity contribution is 7.12. The average molecular weight is 302 g/mol. The van der Waals surface area contributed by atoms with Crippen molar-refractivity contribution in [1.29, 1.82) is 0 Å². The number of ether oxygens (including phenoxy) is 2. The zero-order valence-corrected chi connectivity index (χ0v) is 13.5. The Morgan fingerprint density at radius 1 is 1.10 bits per heavy atom. The summed E-state index contributed by atoms with van der Waals surface area (Å²) >= 11 is 1.80. The molecule has 3 rings (SSSR count).